The number of rotatable bonds is 9. The van der Waals surface area contributed by atoms with E-state index in [1.165, 1.54) is 7.11 Å². The van der Waals surface area contributed by atoms with Crippen LogP contribution in [0.25, 0.3) is 0 Å². The maximum Gasteiger partial charge on any atom is 0.328 e. The van der Waals surface area contributed by atoms with Crippen molar-refractivity contribution < 1.29 is 14.3 Å². The second kappa shape index (κ2) is 11.1. The highest BCUT2D eigenvalue weighted by atomic mass is 16.5. The highest BCUT2D eigenvalue weighted by Gasteiger charge is 2.39. The Morgan fingerprint density at radius 1 is 0.879 bits per heavy atom. The molecule has 5 heteroatoms. The quantitative estimate of drug-likeness (QED) is 0.389. The zero-order chi connectivity index (χ0) is 23.7. The third-order valence-corrected chi connectivity index (χ3v) is 5.98. The van der Waals surface area contributed by atoms with E-state index in [-0.39, 0.29) is 24.7 Å². The van der Waals surface area contributed by atoms with Crippen LogP contribution in [-0.2, 0) is 19.7 Å². The number of amides is 1. The number of hydrogen-bond donors (Lipinski definition) is 1. The third kappa shape index (κ3) is 5.30. The van der Waals surface area contributed by atoms with Crippen LogP contribution in [0.15, 0.2) is 91.0 Å². The summed E-state index contributed by atoms with van der Waals surface area (Å²) in [7, 11) is 1.28. The molecule has 3 rings (SSSR count). The summed E-state index contributed by atoms with van der Waals surface area (Å²) in [6.45, 7) is 1.75. The molecule has 1 N–H and O–H groups in total. The smallest absolute Gasteiger partial charge is 0.328 e. The molecule has 0 aromatic heterocycles. The van der Waals surface area contributed by atoms with E-state index in [2.05, 4.69) is 11.4 Å². The number of methoxy groups -OCH3 is 1. The normalized spacial score (nSPS) is 12.8. The Labute approximate surface area is 195 Å². The molecule has 33 heavy (non-hydrogen) atoms. The molecule has 1 amide bonds. The molecule has 168 valence electrons. The summed E-state index contributed by atoms with van der Waals surface area (Å²) in [6, 6.07) is 30.9. The molecule has 3 aromatic rings. The molecule has 0 unspecified atom stereocenters. The summed E-state index contributed by atoms with van der Waals surface area (Å²) >= 11 is 0. The number of hydrogen-bond acceptors (Lipinski definition) is 4. The van der Waals surface area contributed by atoms with E-state index in [9.17, 15) is 9.59 Å². The Morgan fingerprint density at radius 2 is 1.30 bits per heavy atom. The van der Waals surface area contributed by atoms with E-state index < -0.39 is 17.4 Å². The summed E-state index contributed by atoms with van der Waals surface area (Å²) in [5, 5.41) is 11.9. The fourth-order valence-electron chi connectivity index (χ4n) is 4.26. The Balaban J connectivity index is 2.09. The van der Waals surface area contributed by atoms with Crippen LogP contribution in [-0.4, -0.2) is 25.0 Å². The second-order valence-electron chi connectivity index (χ2n) is 8.09. The molecular formula is C28H28N2O3. The molecule has 2 atom stereocenters. The predicted molar refractivity (Wildman–Crippen MR) is 127 cm³/mol. The van der Waals surface area contributed by atoms with Crippen molar-refractivity contribution in [1.82, 2.24) is 5.32 Å². The van der Waals surface area contributed by atoms with Crippen LogP contribution in [0.1, 0.15) is 36.5 Å². The minimum atomic E-state index is -0.901. The molecular weight excluding hydrogens is 412 g/mol. The van der Waals surface area contributed by atoms with Crippen LogP contribution in [0, 0.1) is 17.2 Å². The molecule has 0 saturated heterocycles. The Hall–Kier alpha value is -3.91. The van der Waals surface area contributed by atoms with E-state index in [0.717, 1.165) is 16.7 Å². The first-order valence-electron chi connectivity index (χ1n) is 10.9. The lowest BCUT2D eigenvalue weighted by Gasteiger charge is -2.36. The number of benzene rings is 3. The van der Waals surface area contributed by atoms with Gasteiger partial charge in [0, 0.05) is 18.8 Å². The average Bonchev–Trinajstić information content (AvgIpc) is 2.87. The molecule has 0 spiro atoms. The molecule has 0 aliphatic carbocycles. The van der Waals surface area contributed by atoms with Crippen molar-refractivity contribution in [2.75, 3.05) is 7.11 Å². The number of nitriles is 1. The van der Waals surface area contributed by atoms with E-state index in [4.69, 9.17) is 10.00 Å². The van der Waals surface area contributed by atoms with Crippen molar-refractivity contribution >= 4 is 11.9 Å². The highest BCUT2D eigenvalue weighted by molar-refractivity contribution is 5.86. The van der Waals surface area contributed by atoms with Gasteiger partial charge in [-0.2, -0.15) is 5.26 Å². The molecule has 0 fully saturated rings. The van der Waals surface area contributed by atoms with Crippen LogP contribution in [0.3, 0.4) is 0 Å². The molecule has 0 saturated carbocycles. The van der Waals surface area contributed by atoms with Gasteiger partial charge in [0.05, 0.1) is 18.6 Å². The van der Waals surface area contributed by atoms with Gasteiger partial charge in [-0.05, 0) is 16.7 Å². The van der Waals surface area contributed by atoms with Crippen molar-refractivity contribution in [1.29, 1.82) is 5.26 Å². The first-order chi connectivity index (χ1) is 16.0. The minimum absolute atomic E-state index is 0.0812. The molecule has 0 aliphatic rings. The first-order valence-corrected chi connectivity index (χ1v) is 10.9. The van der Waals surface area contributed by atoms with Crippen LogP contribution in [0.5, 0.6) is 0 Å². The predicted octanol–water partition coefficient (Wildman–Crippen LogP) is 4.62. The van der Waals surface area contributed by atoms with E-state index in [1.54, 1.807) is 6.92 Å². The molecule has 3 aromatic carbocycles. The lowest BCUT2D eigenvalue weighted by molar-refractivity contribution is -0.146. The van der Waals surface area contributed by atoms with Gasteiger partial charge in [-0.15, -0.1) is 0 Å². The number of ether oxygens (including phenoxy) is 1. The first kappa shape index (κ1) is 23.7. The topological polar surface area (TPSA) is 79.2 Å². The second-order valence-corrected chi connectivity index (χ2v) is 8.09. The monoisotopic (exact) mass is 440 g/mol. The third-order valence-electron chi connectivity index (χ3n) is 5.98. The van der Waals surface area contributed by atoms with Gasteiger partial charge in [-0.3, -0.25) is 4.79 Å². The molecule has 0 radical (unpaired) electrons. The fourth-order valence-corrected chi connectivity index (χ4v) is 4.26. The Kier molecular flexibility index (Phi) is 7.99. The van der Waals surface area contributed by atoms with Gasteiger partial charge in [-0.25, -0.2) is 4.79 Å². The Morgan fingerprint density at radius 3 is 1.67 bits per heavy atom. The summed E-state index contributed by atoms with van der Waals surface area (Å²) < 4.78 is 4.90. The maximum absolute atomic E-state index is 13.5. The van der Waals surface area contributed by atoms with Crippen molar-refractivity contribution in [2.24, 2.45) is 5.92 Å². The number of carbonyl (C=O) groups excluding carboxylic acids is 2. The van der Waals surface area contributed by atoms with Gasteiger partial charge in [0.2, 0.25) is 5.91 Å². The van der Waals surface area contributed by atoms with Crippen LogP contribution >= 0.6 is 0 Å². The number of nitrogens with one attached hydrogen (secondary N) is 1. The molecule has 5 nitrogen and oxygen atoms in total. The van der Waals surface area contributed by atoms with Crippen LogP contribution in [0.4, 0.5) is 0 Å². The van der Waals surface area contributed by atoms with E-state index >= 15 is 0 Å². The van der Waals surface area contributed by atoms with Gasteiger partial charge in [-0.1, -0.05) is 97.9 Å². The molecule has 0 heterocycles. The maximum atomic E-state index is 13.5. The van der Waals surface area contributed by atoms with Crippen molar-refractivity contribution in [3.05, 3.63) is 108 Å². The largest absolute Gasteiger partial charge is 0.467 e. The van der Waals surface area contributed by atoms with Gasteiger partial charge < -0.3 is 10.1 Å². The van der Waals surface area contributed by atoms with Gasteiger partial charge in [0.25, 0.3) is 0 Å². The molecule has 0 aliphatic heterocycles. The van der Waals surface area contributed by atoms with Gasteiger partial charge in [0.1, 0.15) is 6.04 Å². The lowest BCUT2D eigenvalue weighted by atomic mass is 9.67. The number of esters is 1. The average molecular weight is 441 g/mol. The zero-order valence-corrected chi connectivity index (χ0v) is 18.9. The minimum Gasteiger partial charge on any atom is -0.467 e. The number of carbonyl (C=O) groups is 2. The van der Waals surface area contributed by atoms with E-state index in [1.807, 2.05) is 91.0 Å². The summed E-state index contributed by atoms with van der Waals surface area (Å²) in [6.07, 6.45) is 0.207. The SMILES string of the molecule is COC(=O)[C@@H](NC(=O)CC(c1ccccc1)(c1ccccc1)c1ccccc1)[C@H](C)CC#N. The van der Waals surface area contributed by atoms with Gasteiger partial charge in [0.15, 0.2) is 0 Å². The van der Waals surface area contributed by atoms with Crippen molar-refractivity contribution in [3.8, 4) is 6.07 Å². The van der Waals surface area contributed by atoms with Crippen molar-refractivity contribution in [3.63, 3.8) is 0 Å². The van der Waals surface area contributed by atoms with Gasteiger partial charge >= 0.3 is 5.97 Å². The van der Waals surface area contributed by atoms with Crippen molar-refractivity contribution in [2.45, 2.75) is 31.2 Å². The summed E-state index contributed by atoms with van der Waals surface area (Å²) in [5.74, 6) is -1.24. The fraction of sp³-hybridized carbons (Fsp3) is 0.250. The highest BCUT2D eigenvalue weighted by Crippen LogP contribution is 2.42. The Bertz CT molecular complexity index is 996. The molecule has 0 bridgehead atoms. The lowest BCUT2D eigenvalue weighted by Crippen LogP contribution is -2.48. The van der Waals surface area contributed by atoms with E-state index in [0.29, 0.717) is 0 Å². The van der Waals surface area contributed by atoms with Crippen LogP contribution in [0.2, 0.25) is 0 Å². The summed E-state index contributed by atoms with van der Waals surface area (Å²) in [5.41, 5.74) is 2.14. The summed E-state index contributed by atoms with van der Waals surface area (Å²) in [4.78, 5) is 25.9. The number of nitrogens with zero attached hydrogens (tertiary/aromatic N) is 1. The van der Waals surface area contributed by atoms with Crippen LogP contribution < -0.4 is 5.32 Å². The standard InChI is InChI=1S/C28H28N2O3/c1-21(18-19-29)26(27(32)33-2)30-25(31)20-28(22-12-6-3-7-13-22,23-14-8-4-9-15-23)24-16-10-5-11-17-24/h3-17,21,26H,18,20H2,1-2H3,(H,30,31)/t21-,26+/m1/s1. The zero-order valence-electron chi connectivity index (χ0n) is 18.9.